The Morgan fingerprint density at radius 1 is 1.22 bits per heavy atom. The number of piperazine rings is 1. The van der Waals surface area contributed by atoms with Crippen LogP contribution >= 0.6 is 0 Å². The van der Waals surface area contributed by atoms with E-state index in [9.17, 15) is 4.79 Å². The van der Waals surface area contributed by atoms with Crippen LogP contribution in [0.15, 0.2) is 10.6 Å². The van der Waals surface area contributed by atoms with Gasteiger partial charge in [-0.1, -0.05) is 5.16 Å². The average molecular weight is 320 g/mol. The second-order valence-corrected chi connectivity index (χ2v) is 6.91. The van der Waals surface area contributed by atoms with Crippen molar-refractivity contribution in [1.29, 1.82) is 0 Å². The van der Waals surface area contributed by atoms with Crippen LogP contribution in [0.3, 0.4) is 0 Å². The molecule has 2 saturated heterocycles. The molecule has 3 heterocycles. The maximum absolute atomic E-state index is 12.5. The van der Waals surface area contributed by atoms with Crippen molar-refractivity contribution in [2.24, 2.45) is 0 Å². The summed E-state index contributed by atoms with van der Waals surface area (Å²) in [7, 11) is 0. The number of rotatable bonds is 4. The van der Waals surface area contributed by atoms with E-state index in [1.165, 1.54) is 6.42 Å². The van der Waals surface area contributed by atoms with Gasteiger partial charge in [0.2, 0.25) is 5.91 Å². The number of piperidine rings is 1. The fraction of sp³-hybridized carbons (Fsp3) is 0.765. The first-order valence-corrected chi connectivity index (χ1v) is 8.78. The molecule has 1 aromatic rings. The first-order valence-electron chi connectivity index (χ1n) is 8.78. The summed E-state index contributed by atoms with van der Waals surface area (Å²) in [6.07, 6.45) is 3.56. The maximum Gasteiger partial charge on any atom is 0.236 e. The van der Waals surface area contributed by atoms with Crippen LogP contribution in [0.1, 0.15) is 37.6 Å². The van der Waals surface area contributed by atoms with Crippen molar-refractivity contribution in [2.45, 2.75) is 45.7 Å². The molecule has 0 spiro atoms. The molecule has 2 aliphatic heterocycles. The molecule has 0 aromatic carbocycles. The quantitative estimate of drug-likeness (QED) is 0.841. The summed E-state index contributed by atoms with van der Waals surface area (Å²) in [4.78, 5) is 19.2. The molecule has 0 aliphatic carbocycles. The third kappa shape index (κ3) is 4.32. The Morgan fingerprint density at radius 2 is 1.96 bits per heavy atom. The molecule has 6 heteroatoms. The Labute approximate surface area is 138 Å². The van der Waals surface area contributed by atoms with Gasteiger partial charge in [-0.05, 0) is 33.1 Å². The molecule has 1 atom stereocenters. The highest BCUT2D eigenvalue weighted by atomic mass is 16.5. The van der Waals surface area contributed by atoms with Crippen LogP contribution in [0, 0.1) is 6.92 Å². The van der Waals surface area contributed by atoms with E-state index in [4.69, 9.17) is 4.52 Å². The van der Waals surface area contributed by atoms with Crippen molar-refractivity contribution in [1.82, 2.24) is 19.9 Å². The van der Waals surface area contributed by atoms with Gasteiger partial charge in [0.15, 0.2) is 0 Å². The summed E-state index contributed by atoms with van der Waals surface area (Å²) >= 11 is 0. The highest BCUT2D eigenvalue weighted by Crippen LogP contribution is 2.17. The number of aryl methyl sites for hydroxylation is 1. The van der Waals surface area contributed by atoms with E-state index in [0.29, 0.717) is 18.5 Å². The van der Waals surface area contributed by atoms with Gasteiger partial charge in [-0.25, -0.2) is 0 Å². The molecule has 3 rings (SSSR count). The van der Waals surface area contributed by atoms with Crippen molar-refractivity contribution in [3.63, 3.8) is 0 Å². The summed E-state index contributed by atoms with van der Waals surface area (Å²) in [5.74, 6) is 1.16. The molecule has 1 aromatic heterocycles. The lowest BCUT2D eigenvalue weighted by Gasteiger charge is -2.37. The number of aromatic nitrogens is 1. The number of carbonyl (C=O) groups excluding carboxylic acids is 1. The van der Waals surface area contributed by atoms with E-state index in [1.54, 1.807) is 0 Å². The zero-order chi connectivity index (χ0) is 16.2. The number of nitrogens with zero attached hydrogens (tertiary/aromatic N) is 4. The molecule has 128 valence electrons. The highest BCUT2D eigenvalue weighted by Gasteiger charge is 2.26. The normalized spacial score (nSPS) is 24.1. The minimum Gasteiger partial charge on any atom is -0.361 e. The molecule has 6 nitrogen and oxygen atoms in total. The lowest BCUT2D eigenvalue weighted by molar-refractivity contribution is -0.136. The maximum atomic E-state index is 12.5. The van der Waals surface area contributed by atoms with Crippen LogP contribution in [-0.4, -0.2) is 71.1 Å². The van der Waals surface area contributed by atoms with Gasteiger partial charge in [0.25, 0.3) is 0 Å². The van der Waals surface area contributed by atoms with Crippen LogP contribution in [0.4, 0.5) is 0 Å². The monoisotopic (exact) mass is 320 g/mol. The predicted octanol–water partition coefficient (Wildman–Crippen LogP) is 1.50. The smallest absolute Gasteiger partial charge is 0.236 e. The molecule has 0 N–H and O–H groups in total. The Morgan fingerprint density at radius 3 is 2.61 bits per heavy atom. The molecule has 2 aliphatic rings. The van der Waals surface area contributed by atoms with Gasteiger partial charge < -0.3 is 9.42 Å². The standard InChI is InChI=1S/C17H28N4O2/c1-14-5-3-4-6-21(14)17(22)13-20-9-7-19(8-10-20)12-16-11-15(2)23-18-16/h11,14H,3-10,12-13H2,1-2H3. The van der Waals surface area contributed by atoms with E-state index in [1.807, 2.05) is 13.0 Å². The second-order valence-electron chi connectivity index (χ2n) is 6.91. The lowest BCUT2D eigenvalue weighted by atomic mass is 10.0. The number of hydrogen-bond acceptors (Lipinski definition) is 5. The fourth-order valence-electron chi connectivity index (χ4n) is 3.58. The first kappa shape index (κ1) is 16.5. The third-order valence-corrected chi connectivity index (χ3v) is 5.01. The summed E-state index contributed by atoms with van der Waals surface area (Å²) in [5, 5.41) is 4.06. The lowest BCUT2D eigenvalue weighted by Crippen LogP contribution is -2.51. The van der Waals surface area contributed by atoms with Gasteiger partial charge >= 0.3 is 0 Å². The minimum atomic E-state index is 0.303. The molecule has 1 unspecified atom stereocenters. The first-order chi connectivity index (χ1) is 11.1. The molecule has 1 amide bonds. The second kappa shape index (κ2) is 7.45. The Kier molecular flexibility index (Phi) is 5.33. The summed E-state index contributed by atoms with van der Waals surface area (Å²) in [5.41, 5.74) is 0.995. The van der Waals surface area contributed by atoms with Crippen LogP contribution < -0.4 is 0 Å². The molecule has 0 radical (unpaired) electrons. The number of likely N-dealkylation sites (tertiary alicyclic amines) is 1. The van der Waals surface area contributed by atoms with Gasteiger partial charge in [0, 0.05) is 51.4 Å². The zero-order valence-corrected chi connectivity index (χ0v) is 14.3. The van der Waals surface area contributed by atoms with E-state index in [0.717, 1.165) is 63.6 Å². The minimum absolute atomic E-state index is 0.303. The Hall–Kier alpha value is -1.40. The van der Waals surface area contributed by atoms with Gasteiger partial charge in [0.05, 0.1) is 12.2 Å². The molecule has 0 bridgehead atoms. The SMILES string of the molecule is Cc1cc(CN2CCN(CC(=O)N3CCCCC3C)CC2)no1. The number of amides is 1. The van der Waals surface area contributed by atoms with Gasteiger partial charge in [0.1, 0.15) is 5.76 Å². The zero-order valence-electron chi connectivity index (χ0n) is 14.3. The fourth-order valence-corrected chi connectivity index (χ4v) is 3.58. The van der Waals surface area contributed by atoms with E-state index in [2.05, 4.69) is 26.8 Å². The molecule has 23 heavy (non-hydrogen) atoms. The van der Waals surface area contributed by atoms with Crippen molar-refractivity contribution >= 4 is 5.91 Å². The van der Waals surface area contributed by atoms with Crippen molar-refractivity contribution < 1.29 is 9.32 Å². The summed E-state index contributed by atoms with van der Waals surface area (Å²) < 4.78 is 5.12. The van der Waals surface area contributed by atoms with Gasteiger partial charge in [-0.15, -0.1) is 0 Å². The van der Waals surface area contributed by atoms with Crippen molar-refractivity contribution in [3.05, 3.63) is 17.5 Å². The third-order valence-electron chi connectivity index (χ3n) is 5.01. The topological polar surface area (TPSA) is 52.8 Å². The van der Waals surface area contributed by atoms with Crippen LogP contribution in [0.5, 0.6) is 0 Å². The number of carbonyl (C=O) groups is 1. The van der Waals surface area contributed by atoms with Crippen LogP contribution in [-0.2, 0) is 11.3 Å². The van der Waals surface area contributed by atoms with E-state index < -0.39 is 0 Å². The molecule has 2 fully saturated rings. The highest BCUT2D eigenvalue weighted by molar-refractivity contribution is 5.78. The van der Waals surface area contributed by atoms with Gasteiger partial charge in [-0.2, -0.15) is 0 Å². The Bertz CT molecular complexity index is 522. The average Bonchev–Trinajstić information content (AvgIpc) is 2.95. The summed E-state index contributed by atoms with van der Waals surface area (Å²) in [6.45, 7) is 10.3. The number of hydrogen-bond donors (Lipinski definition) is 0. The summed E-state index contributed by atoms with van der Waals surface area (Å²) in [6, 6.07) is 2.40. The largest absolute Gasteiger partial charge is 0.361 e. The molecular formula is C17H28N4O2. The predicted molar refractivity (Wildman–Crippen MR) is 88.0 cm³/mol. The van der Waals surface area contributed by atoms with Crippen molar-refractivity contribution in [2.75, 3.05) is 39.3 Å². The molecular weight excluding hydrogens is 292 g/mol. The Balaban J connectivity index is 1.42. The van der Waals surface area contributed by atoms with Crippen LogP contribution in [0.25, 0.3) is 0 Å². The van der Waals surface area contributed by atoms with Gasteiger partial charge in [-0.3, -0.25) is 14.6 Å². The van der Waals surface area contributed by atoms with Crippen molar-refractivity contribution in [3.8, 4) is 0 Å². The van der Waals surface area contributed by atoms with E-state index >= 15 is 0 Å². The molecule has 0 saturated carbocycles. The van der Waals surface area contributed by atoms with E-state index in [-0.39, 0.29) is 0 Å². The van der Waals surface area contributed by atoms with Crippen LogP contribution in [0.2, 0.25) is 0 Å².